The first-order chi connectivity index (χ1) is 11.3. The Labute approximate surface area is 144 Å². The summed E-state index contributed by atoms with van der Waals surface area (Å²) in [5.74, 6) is -0.107. The highest BCUT2D eigenvalue weighted by Gasteiger charge is 2.21. The molecule has 0 heterocycles. The maximum atomic E-state index is 12.1. The Morgan fingerprint density at radius 3 is 2.29 bits per heavy atom. The first-order valence-electron chi connectivity index (χ1n) is 8.79. The first kappa shape index (κ1) is 18.5. The smallest absolute Gasteiger partial charge is 0.238 e. The number of rotatable bonds is 5. The van der Waals surface area contributed by atoms with E-state index in [4.69, 9.17) is 0 Å². The summed E-state index contributed by atoms with van der Waals surface area (Å²) in [5, 5.41) is 9.08. The maximum Gasteiger partial charge on any atom is 0.238 e. The molecule has 0 bridgehead atoms. The molecular weight excluding hydrogens is 302 g/mol. The number of hydrogen-bond acceptors (Lipinski definition) is 3. The maximum absolute atomic E-state index is 12.1. The summed E-state index contributed by atoms with van der Waals surface area (Å²) in [6.45, 7) is 5.92. The van der Waals surface area contributed by atoms with Crippen molar-refractivity contribution in [3.63, 3.8) is 0 Å². The van der Waals surface area contributed by atoms with Crippen molar-refractivity contribution in [1.29, 1.82) is 0 Å². The van der Waals surface area contributed by atoms with E-state index in [0.717, 1.165) is 12.8 Å². The number of anilines is 2. The molecule has 0 aliphatic heterocycles. The van der Waals surface area contributed by atoms with Crippen molar-refractivity contribution in [2.75, 3.05) is 17.2 Å². The summed E-state index contributed by atoms with van der Waals surface area (Å²) in [5.41, 5.74) is 0.925. The van der Waals surface area contributed by atoms with Gasteiger partial charge in [0.05, 0.1) is 6.54 Å². The minimum Gasteiger partial charge on any atom is -0.326 e. The summed E-state index contributed by atoms with van der Waals surface area (Å²) in [7, 11) is 0. The minimum atomic E-state index is -0.455. The highest BCUT2D eigenvalue weighted by molar-refractivity contribution is 5.96. The number of amides is 2. The molecule has 2 amide bonds. The van der Waals surface area contributed by atoms with E-state index in [2.05, 4.69) is 16.0 Å². The largest absolute Gasteiger partial charge is 0.326 e. The summed E-state index contributed by atoms with van der Waals surface area (Å²) >= 11 is 0. The summed E-state index contributed by atoms with van der Waals surface area (Å²) < 4.78 is 0. The molecule has 1 saturated carbocycles. The normalized spacial score (nSPS) is 15.8. The van der Waals surface area contributed by atoms with Gasteiger partial charge in [0.1, 0.15) is 0 Å². The molecule has 2 rings (SSSR count). The highest BCUT2D eigenvalue weighted by atomic mass is 16.2. The molecule has 0 radical (unpaired) electrons. The van der Waals surface area contributed by atoms with Gasteiger partial charge in [-0.15, -0.1) is 0 Å². The number of benzene rings is 1. The fourth-order valence-electron chi connectivity index (χ4n) is 2.74. The summed E-state index contributed by atoms with van der Waals surface area (Å²) in [6.07, 6.45) is 6.10. The first-order valence-corrected chi connectivity index (χ1v) is 8.79. The molecule has 24 heavy (non-hydrogen) atoms. The SMILES string of the molecule is CC(C)(C)C(=O)Nc1cccc(NC(=O)CNC2CCCCC2)c1. The zero-order chi connectivity index (χ0) is 17.6. The Balaban J connectivity index is 1.84. The fraction of sp³-hybridized carbons (Fsp3) is 0.579. The fourth-order valence-corrected chi connectivity index (χ4v) is 2.74. The van der Waals surface area contributed by atoms with Gasteiger partial charge in [0, 0.05) is 22.8 Å². The summed E-state index contributed by atoms with van der Waals surface area (Å²) in [4.78, 5) is 24.1. The van der Waals surface area contributed by atoms with Crippen LogP contribution in [0.5, 0.6) is 0 Å². The number of carbonyl (C=O) groups is 2. The van der Waals surface area contributed by atoms with Crippen LogP contribution in [0.3, 0.4) is 0 Å². The molecule has 132 valence electrons. The van der Waals surface area contributed by atoms with Crippen molar-refractivity contribution in [2.45, 2.75) is 58.9 Å². The number of hydrogen-bond donors (Lipinski definition) is 3. The highest BCUT2D eigenvalue weighted by Crippen LogP contribution is 2.20. The molecule has 0 aromatic heterocycles. The lowest BCUT2D eigenvalue weighted by Crippen LogP contribution is -2.37. The number of nitrogens with one attached hydrogen (secondary N) is 3. The predicted molar refractivity (Wildman–Crippen MR) is 98.0 cm³/mol. The monoisotopic (exact) mass is 331 g/mol. The molecule has 5 nitrogen and oxygen atoms in total. The molecule has 1 aromatic rings. The van der Waals surface area contributed by atoms with Gasteiger partial charge in [0.2, 0.25) is 11.8 Å². The van der Waals surface area contributed by atoms with Crippen molar-refractivity contribution in [3.05, 3.63) is 24.3 Å². The van der Waals surface area contributed by atoms with Crippen molar-refractivity contribution in [2.24, 2.45) is 5.41 Å². The lowest BCUT2D eigenvalue weighted by atomic mass is 9.95. The minimum absolute atomic E-state index is 0.0510. The predicted octanol–water partition coefficient (Wildman–Crippen LogP) is 3.53. The third-order valence-electron chi connectivity index (χ3n) is 4.24. The topological polar surface area (TPSA) is 70.2 Å². The molecule has 0 atom stereocenters. The standard InChI is InChI=1S/C19H29N3O2/c1-19(2,3)18(24)22-16-11-7-10-15(12-16)21-17(23)13-20-14-8-5-4-6-9-14/h7,10-12,14,20H,4-6,8-9,13H2,1-3H3,(H,21,23)(H,22,24). The second-order valence-electron chi connectivity index (χ2n) is 7.55. The summed E-state index contributed by atoms with van der Waals surface area (Å²) in [6, 6.07) is 7.71. The quantitative estimate of drug-likeness (QED) is 0.773. The van der Waals surface area contributed by atoms with Crippen molar-refractivity contribution < 1.29 is 9.59 Å². The van der Waals surface area contributed by atoms with E-state index in [1.165, 1.54) is 19.3 Å². The average Bonchev–Trinajstić information content (AvgIpc) is 2.53. The van der Waals surface area contributed by atoms with E-state index >= 15 is 0 Å². The van der Waals surface area contributed by atoms with E-state index in [1.807, 2.05) is 39.0 Å². The van der Waals surface area contributed by atoms with Gasteiger partial charge in [-0.25, -0.2) is 0 Å². The molecule has 1 aromatic carbocycles. The molecule has 1 aliphatic rings. The van der Waals surface area contributed by atoms with Gasteiger partial charge in [0.25, 0.3) is 0 Å². The van der Waals surface area contributed by atoms with E-state index in [-0.39, 0.29) is 11.8 Å². The molecule has 0 unspecified atom stereocenters. The van der Waals surface area contributed by atoms with E-state index in [0.29, 0.717) is 24.0 Å². The van der Waals surface area contributed by atoms with Crippen LogP contribution in [0, 0.1) is 5.41 Å². The molecule has 5 heteroatoms. The zero-order valence-corrected chi connectivity index (χ0v) is 14.9. The second-order valence-corrected chi connectivity index (χ2v) is 7.55. The van der Waals surface area contributed by atoms with Crippen LogP contribution in [0.2, 0.25) is 0 Å². The molecular formula is C19H29N3O2. The Morgan fingerprint density at radius 1 is 1.04 bits per heavy atom. The molecule has 3 N–H and O–H groups in total. The van der Waals surface area contributed by atoms with Gasteiger partial charge < -0.3 is 16.0 Å². The van der Waals surface area contributed by atoms with Crippen molar-refractivity contribution >= 4 is 23.2 Å². The van der Waals surface area contributed by atoms with Crippen LogP contribution in [0.25, 0.3) is 0 Å². The zero-order valence-electron chi connectivity index (χ0n) is 14.9. The number of carbonyl (C=O) groups excluding carboxylic acids is 2. The van der Waals surface area contributed by atoms with Crippen LogP contribution in [-0.2, 0) is 9.59 Å². The molecule has 0 spiro atoms. The van der Waals surface area contributed by atoms with Gasteiger partial charge >= 0.3 is 0 Å². The Hall–Kier alpha value is -1.88. The third-order valence-corrected chi connectivity index (χ3v) is 4.24. The van der Waals surface area contributed by atoms with Crippen LogP contribution in [-0.4, -0.2) is 24.4 Å². The van der Waals surface area contributed by atoms with E-state index in [9.17, 15) is 9.59 Å². The Bertz CT molecular complexity index is 572. The molecule has 1 aliphatic carbocycles. The third kappa shape index (κ3) is 5.96. The van der Waals surface area contributed by atoms with E-state index in [1.54, 1.807) is 6.07 Å². The van der Waals surface area contributed by atoms with Crippen molar-refractivity contribution in [1.82, 2.24) is 5.32 Å². The van der Waals surface area contributed by atoms with Gasteiger partial charge in [0.15, 0.2) is 0 Å². The average molecular weight is 331 g/mol. The van der Waals surface area contributed by atoms with Crippen LogP contribution in [0.4, 0.5) is 11.4 Å². The van der Waals surface area contributed by atoms with Gasteiger partial charge in [-0.05, 0) is 31.0 Å². The van der Waals surface area contributed by atoms with Crippen LogP contribution in [0.15, 0.2) is 24.3 Å². The van der Waals surface area contributed by atoms with Gasteiger partial charge in [-0.3, -0.25) is 9.59 Å². The van der Waals surface area contributed by atoms with Crippen LogP contribution >= 0.6 is 0 Å². The lowest BCUT2D eigenvalue weighted by molar-refractivity contribution is -0.123. The van der Waals surface area contributed by atoms with Crippen LogP contribution in [0.1, 0.15) is 52.9 Å². The molecule has 1 fully saturated rings. The lowest BCUT2D eigenvalue weighted by Gasteiger charge is -2.22. The Kier molecular flexibility index (Phi) is 6.37. The van der Waals surface area contributed by atoms with Crippen LogP contribution < -0.4 is 16.0 Å². The van der Waals surface area contributed by atoms with Crippen molar-refractivity contribution in [3.8, 4) is 0 Å². The second kappa shape index (κ2) is 8.29. The Morgan fingerprint density at radius 2 is 1.67 bits per heavy atom. The van der Waals surface area contributed by atoms with Gasteiger partial charge in [-0.2, -0.15) is 0 Å². The van der Waals surface area contributed by atoms with Gasteiger partial charge in [-0.1, -0.05) is 46.1 Å². The molecule has 0 saturated heterocycles. The van der Waals surface area contributed by atoms with E-state index < -0.39 is 5.41 Å².